The summed E-state index contributed by atoms with van der Waals surface area (Å²) in [6.45, 7) is 2.28. The molecule has 0 rings (SSSR count). The number of hydrogen-bond acceptors (Lipinski definition) is 0. The molecule has 0 aliphatic carbocycles. The Balaban J connectivity index is 2.99. The van der Waals surface area contributed by atoms with Gasteiger partial charge in [0.25, 0.3) is 0 Å². The summed E-state index contributed by atoms with van der Waals surface area (Å²) >= 11 is -2.47. The second-order valence-electron chi connectivity index (χ2n) is 5.71. The molecular weight excluding hydrogens is 370 g/mol. The quantitative estimate of drug-likeness (QED) is 0.225. The van der Waals surface area contributed by atoms with E-state index in [1.54, 1.807) is 0 Å². The van der Waals surface area contributed by atoms with Gasteiger partial charge in [-0.05, 0) is 0 Å². The van der Waals surface area contributed by atoms with E-state index in [4.69, 9.17) is 17.8 Å². The Morgan fingerprint density at radius 1 is 0.611 bits per heavy atom. The van der Waals surface area contributed by atoms with Crippen molar-refractivity contribution in [3.8, 4) is 0 Å². The molecule has 0 aromatic carbocycles. The number of rotatable bonds is 13. The Hall–Kier alpha value is 1.38. The zero-order valence-electron chi connectivity index (χ0n) is 12.4. The number of unbranched alkanes of at least 4 members (excludes halogenated alkanes) is 11. The van der Waals surface area contributed by atoms with Crippen LogP contribution in [0.15, 0.2) is 0 Å². The molecule has 0 fully saturated rings. The first-order chi connectivity index (χ1) is 8.56. The molecule has 0 N–H and O–H groups in total. The average Bonchev–Trinajstić information content (AvgIpc) is 2.29. The van der Waals surface area contributed by atoms with Crippen LogP contribution in [-0.4, -0.2) is 16.1 Å². The second-order valence-corrected chi connectivity index (χ2v) is 25.7. The first-order valence-corrected chi connectivity index (χ1v) is 20.0. The van der Waals surface area contributed by atoms with Crippen LogP contribution in [0.4, 0.5) is 0 Å². The zero-order valence-corrected chi connectivity index (χ0v) is 16.8. The number of halogens is 2. The van der Waals surface area contributed by atoms with Gasteiger partial charge >= 0.3 is 114 Å². The topological polar surface area (TPSA) is 0 Å². The van der Waals surface area contributed by atoms with Gasteiger partial charge in [-0.1, -0.05) is 13.3 Å². The van der Waals surface area contributed by atoms with Crippen molar-refractivity contribution in [2.75, 3.05) is 0 Å². The van der Waals surface area contributed by atoms with Gasteiger partial charge in [0.2, 0.25) is 0 Å². The monoisotopic (exact) mass is 402 g/mol. The molecular formula is C15H32Cl2Sn. The third-order valence-electron chi connectivity index (χ3n) is 3.47. The van der Waals surface area contributed by atoms with Gasteiger partial charge in [-0.3, -0.25) is 0 Å². The molecule has 0 aliphatic rings. The van der Waals surface area contributed by atoms with Gasteiger partial charge in [0, 0.05) is 0 Å². The van der Waals surface area contributed by atoms with Crippen molar-refractivity contribution in [1.29, 1.82) is 0 Å². The maximum atomic E-state index is 6.14. The molecule has 0 saturated carbocycles. The third-order valence-corrected chi connectivity index (χ3v) is 9.52. The van der Waals surface area contributed by atoms with Gasteiger partial charge in [-0.2, -0.15) is 0 Å². The summed E-state index contributed by atoms with van der Waals surface area (Å²) in [5.41, 5.74) is 0. The van der Waals surface area contributed by atoms with Crippen LogP contribution in [0.5, 0.6) is 0 Å². The van der Waals surface area contributed by atoms with Gasteiger partial charge in [0.1, 0.15) is 0 Å². The summed E-state index contributed by atoms with van der Waals surface area (Å²) in [6.07, 6.45) is 16.8. The van der Waals surface area contributed by atoms with E-state index in [2.05, 4.69) is 11.9 Å². The molecule has 0 amide bonds. The van der Waals surface area contributed by atoms with Crippen molar-refractivity contribution < 1.29 is 0 Å². The minimum atomic E-state index is -2.47. The summed E-state index contributed by atoms with van der Waals surface area (Å²) in [5, 5.41) is 0. The Labute approximate surface area is 127 Å². The maximum absolute atomic E-state index is 6.14. The van der Waals surface area contributed by atoms with E-state index < -0.39 is 16.1 Å². The molecule has 0 aliphatic heterocycles. The first-order valence-electron chi connectivity index (χ1n) is 7.94. The summed E-state index contributed by atoms with van der Waals surface area (Å²) in [5.74, 6) is 0. The van der Waals surface area contributed by atoms with Gasteiger partial charge in [0.05, 0.1) is 0 Å². The van der Waals surface area contributed by atoms with Crippen LogP contribution in [0.3, 0.4) is 0 Å². The molecule has 0 spiro atoms. The second kappa shape index (κ2) is 13.4. The molecule has 0 radical (unpaired) electrons. The van der Waals surface area contributed by atoms with Crippen LogP contribution in [0, 0.1) is 0 Å². The van der Waals surface area contributed by atoms with E-state index >= 15 is 0 Å². The summed E-state index contributed by atoms with van der Waals surface area (Å²) in [7, 11) is 12.3. The van der Waals surface area contributed by atoms with E-state index in [1.165, 1.54) is 77.0 Å². The molecule has 0 unspecified atom stereocenters. The fraction of sp³-hybridized carbons (Fsp3) is 1.00. The van der Waals surface area contributed by atoms with Crippen LogP contribution in [-0.2, 0) is 0 Å². The Morgan fingerprint density at radius 2 is 0.944 bits per heavy atom. The molecule has 0 nitrogen and oxygen atoms in total. The third kappa shape index (κ3) is 17.4. The molecule has 3 heteroatoms. The standard InChI is InChI=1S/C14H29.CH3.2ClH.Sn/c1-3-5-7-9-11-13-14-12-10-8-6-4-2;;;;/h1,3-14H2,2H3;1H3;2*1H;/q;;;;+2/p-2. The Kier molecular flexibility index (Phi) is 14.4. The normalized spacial score (nSPS) is 12.0. The van der Waals surface area contributed by atoms with Gasteiger partial charge in [-0.15, -0.1) is 0 Å². The predicted octanol–water partition coefficient (Wildman–Crippen LogP) is 7.24. The van der Waals surface area contributed by atoms with Crippen LogP contribution in [0.25, 0.3) is 0 Å². The molecule has 0 heterocycles. The van der Waals surface area contributed by atoms with Crippen molar-refractivity contribution in [3.63, 3.8) is 0 Å². The molecule has 0 aromatic heterocycles. The van der Waals surface area contributed by atoms with Crippen molar-refractivity contribution in [1.82, 2.24) is 0 Å². The van der Waals surface area contributed by atoms with Crippen LogP contribution in [0.1, 0.15) is 84.0 Å². The average molecular weight is 402 g/mol. The van der Waals surface area contributed by atoms with E-state index in [-0.39, 0.29) is 0 Å². The fourth-order valence-corrected chi connectivity index (χ4v) is 6.55. The summed E-state index contributed by atoms with van der Waals surface area (Å²) in [4.78, 5) is 2.09. The van der Waals surface area contributed by atoms with Crippen molar-refractivity contribution >= 4 is 34.0 Å². The first kappa shape index (κ1) is 19.4. The Bertz CT molecular complexity index is 166. The van der Waals surface area contributed by atoms with Gasteiger partial charge in [-0.25, -0.2) is 0 Å². The van der Waals surface area contributed by atoms with Crippen molar-refractivity contribution in [3.05, 3.63) is 0 Å². The summed E-state index contributed by atoms with van der Waals surface area (Å²) < 4.78 is 1.13. The van der Waals surface area contributed by atoms with E-state index in [0.717, 1.165) is 4.44 Å². The molecule has 0 aromatic rings. The Morgan fingerprint density at radius 3 is 1.28 bits per heavy atom. The molecule has 18 heavy (non-hydrogen) atoms. The molecule has 0 saturated heterocycles. The molecule has 0 atom stereocenters. The summed E-state index contributed by atoms with van der Waals surface area (Å²) in [6, 6.07) is 0. The van der Waals surface area contributed by atoms with Crippen LogP contribution in [0.2, 0.25) is 9.38 Å². The van der Waals surface area contributed by atoms with E-state index in [1.807, 2.05) is 0 Å². The number of hydrogen-bond donors (Lipinski definition) is 0. The SMILES string of the molecule is CCCCCCCCCCCCC[CH2][Sn]([CH3])([Cl])[Cl]. The van der Waals surface area contributed by atoms with Crippen molar-refractivity contribution in [2.24, 2.45) is 0 Å². The van der Waals surface area contributed by atoms with Crippen LogP contribution < -0.4 is 0 Å². The molecule has 0 bridgehead atoms. The van der Waals surface area contributed by atoms with E-state index in [0.29, 0.717) is 0 Å². The fourth-order valence-electron chi connectivity index (χ4n) is 2.28. The van der Waals surface area contributed by atoms with Gasteiger partial charge in [0.15, 0.2) is 0 Å². The van der Waals surface area contributed by atoms with E-state index in [9.17, 15) is 0 Å². The predicted molar refractivity (Wildman–Crippen MR) is 89.2 cm³/mol. The van der Waals surface area contributed by atoms with Crippen molar-refractivity contribution in [2.45, 2.75) is 93.3 Å². The minimum absolute atomic E-state index is 1.13. The molecule has 110 valence electrons. The van der Waals surface area contributed by atoms with Crippen LogP contribution >= 0.6 is 17.8 Å². The van der Waals surface area contributed by atoms with Gasteiger partial charge < -0.3 is 0 Å². The zero-order chi connectivity index (χ0) is 13.7.